The van der Waals surface area contributed by atoms with Crippen molar-refractivity contribution in [1.82, 2.24) is 0 Å². The molecule has 1 saturated carbocycles. The SMILES string of the molecule is CC(N)C1C[C@@H]1C. The zero-order valence-corrected chi connectivity index (χ0v) is 5.02. The summed E-state index contributed by atoms with van der Waals surface area (Å²) in [7, 11) is 0. The molecule has 0 spiro atoms. The van der Waals surface area contributed by atoms with Crippen LogP contribution in [0.5, 0.6) is 0 Å². The van der Waals surface area contributed by atoms with E-state index in [9.17, 15) is 0 Å². The molecule has 0 amide bonds. The molecule has 3 atom stereocenters. The molecule has 2 unspecified atom stereocenters. The van der Waals surface area contributed by atoms with Gasteiger partial charge in [0, 0.05) is 6.04 Å². The maximum Gasteiger partial charge on any atom is 0.00414 e. The van der Waals surface area contributed by atoms with Crippen molar-refractivity contribution in [3.05, 3.63) is 0 Å². The zero-order valence-electron chi connectivity index (χ0n) is 5.02. The lowest BCUT2D eigenvalue weighted by Gasteiger charge is -1.97. The highest BCUT2D eigenvalue weighted by Crippen LogP contribution is 2.39. The summed E-state index contributed by atoms with van der Waals surface area (Å²) in [6, 6.07) is 0.440. The van der Waals surface area contributed by atoms with Crippen LogP contribution in [0.1, 0.15) is 20.3 Å². The highest BCUT2D eigenvalue weighted by atomic mass is 14.7. The molecule has 7 heavy (non-hydrogen) atoms. The summed E-state index contributed by atoms with van der Waals surface area (Å²) in [5, 5.41) is 0. The molecule has 0 radical (unpaired) electrons. The third-order valence-electron chi connectivity index (χ3n) is 1.85. The molecule has 0 aromatic heterocycles. The first-order valence-corrected chi connectivity index (χ1v) is 2.97. The van der Waals surface area contributed by atoms with Crippen LogP contribution in [-0.2, 0) is 0 Å². The summed E-state index contributed by atoms with van der Waals surface area (Å²) in [5.74, 6) is 1.76. The van der Waals surface area contributed by atoms with Crippen LogP contribution in [0.25, 0.3) is 0 Å². The van der Waals surface area contributed by atoms with Gasteiger partial charge in [0.2, 0.25) is 0 Å². The van der Waals surface area contributed by atoms with Crippen molar-refractivity contribution in [2.24, 2.45) is 17.6 Å². The van der Waals surface area contributed by atoms with Gasteiger partial charge in [-0.3, -0.25) is 0 Å². The Morgan fingerprint density at radius 1 is 1.71 bits per heavy atom. The van der Waals surface area contributed by atoms with Gasteiger partial charge < -0.3 is 5.73 Å². The number of rotatable bonds is 1. The van der Waals surface area contributed by atoms with Crippen LogP contribution >= 0.6 is 0 Å². The minimum Gasteiger partial charge on any atom is -0.328 e. The summed E-state index contributed by atoms with van der Waals surface area (Å²) in [4.78, 5) is 0. The molecule has 2 N–H and O–H groups in total. The Hall–Kier alpha value is -0.0400. The van der Waals surface area contributed by atoms with Gasteiger partial charge in [-0.2, -0.15) is 0 Å². The van der Waals surface area contributed by atoms with Crippen LogP contribution < -0.4 is 5.73 Å². The van der Waals surface area contributed by atoms with Crippen molar-refractivity contribution in [2.75, 3.05) is 0 Å². The molecule has 1 rings (SSSR count). The Balaban J connectivity index is 2.20. The first-order chi connectivity index (χ1) is 3.22. The van der Waals surface area contributed by atoms with E-state index < -0.39 is 0 Å². The van der Waals surface area contributed by atoms with E-state index in [4.69, 9.17) is 5.73 Å². The third kappa shape index (κ3) is 0.942. The summed E-state index contributed by atoms with van der Waals surface area (Å²) < 4.78 is 0. The average molecular weight is 99.2 g/mol. The minimum absolute atomic E-state index is 0.440. The highest BCUT2D eigenvalue weighted by Gasteiger charge is 2.34. The number of nitrogens with two attached hydrogens (primary N) is 1. The van der Waals surface area contributed by atoms with E-state index in [2.05, 4.69) is 13.8 Å². The van der Waals surface area contributed by atoms with Gasteiger partial charge in [-0.05, 0) is 25.2 Å². The normalized spacial score (nSPS) is 43.3. The molecule has 0 heterocycles. The molecule has 0 aromatic rings. The molecule has 0 bridgehead atoms. The van der Waals surface area contributed by atoms with Crippen LogP contribution in [0.4, 0.5) is 0 Å². The molecule has 1 heteroatoms. The standard InChI is InChI=1S/C6H13N/c1-4-3-6(4)5(2)7/h4-6H,3,7H2,1-2H3/t4-,5?,6?/m0/s1. The second kappa shape index (κ2) is 1.48. The monoisotopic (exact) mass is 99.1 g/mol. The Kier molecular flexibility index (Phi) is 1.08. The topological polar surface area (TPSA) is 26.0 Å². The largest absolute Gasteiger partial charge is 0.328 e. The lowest BCUT2D eigenvalue weighted by molar-refractivity contribution is 0.608. The van der Waals surface area contributed by atoms with E-state index >= 15 is 0 Å². The van der Waals surface area contributed by atoms with Crippen LogP contribution in [-0.4, -0.2) is 6.04 Å². The Labute approximate surface area is 44.9 Å². The van der Waals surface area contributed by atoms with Crippen LogP contribution in [0.2, 0.25) is 0 Å². The smallest absolute Gasteiger partial charge is 0.00414 e. The fourth-order valence-corrected chi connectivity index (χ4v) is 1.08. The molecule has 1 aliphatic carbocycles. The van der Waals surface area contributed by atoms with Crippen molar-refractivity contribution in [2.45, 2.75) is 26.3 Å². The van der Waals surface area contributed by atoms with Crippen molar-refractivity contribution < 1.29 is 0 Å². The van der Waals surface area contributed by atoms with Crippen molar-refractivity contribution in [3.8, 4) is 0 Å². The van der Waals surface area contributed by atoms with Crippen LogP contribution in [0.3, 0.4) is 0 Å². The second-order valence-corrected chi connectivity index (χ2v) is 2.74. The van der Waals surface area contributed by atoms with Gasteiger partial charge in [0.1, 0.15) is 0 Å². The van der Waals surface area contributed by atoms with Crippen molar-refractivity contribution in [1.29, 1.82) is 0 Å². The maximum atomic E-state index is 5.59. The zero-order chi connectivity index (χ0) is 5.44. The lowest BCUT2D eigenvalue weighted by Crippen LogP contribution is -2.17. The molecule has 0 aliphatic heterocycles. The van der Waals surface area contributed by atoms with Crippen molar-refractivity contribution in [3.63, 3.8) is 0 Å². The van der Waals surface area contributed by atoms with E-state index in [1.807, 2.05) is 0 Å². The predicted molar refractivity (Wildman–Crippen MR) is 30.9 cm³/mol. The van der Waals surface area contributed by atoms with Gasteiger partial charge in [-0.1, -0.05) is 6.92 Å². The summed E-state index contributed by atoms with van der Waals surface area (Å²) in [5.41, 5.74) is 5.59. The van der Waals surface area contributed by atoms with E-state index in [0.29, 0.717) is 6.04 Å². The number of hydrogen-bond donors (Lipinski definition) is 1. The molecule has 0 saturated heterocycles. The maximum absolute atomic E-state index is 5.59. The predicted octanol–water partition coefficient (Wildman–Crippen LogP) is 0.990. The van der Waals surface area contributed by atoms with E-state index in [1.165, 1.54) is 6.42 Å². The molecule has 1 nitrogen and oxygen atoms in total. The van der Waals surface area contributed by atoms with Gasteiger partial charge >= 0.3 is 0 Å². The lowest BCUT2D eigenvalue weighted by atomic mass is 10.2. The summed E-state index contributed by atoms with van der Waals surface area (Å²) in [6.45, 7) is 4.35. The van der Waals surface area contributed by atoms with Gasteiger partial charge in [0.15, 0.2) is 0 Å². The Bertz CT molecular complexity index is 68.6. The molecular weight excluding hydrogens is 86.1 g/mol. The van der Waals surface area contributed by atoms with Crippen LogP contribution in [0.15, 0.2) is 0 Å². The highest BCUT2D eigenvalue weighted by molar-refractivity contribution is 4.87. The molecule has 1 aliphatic rings. The van der Waals surface area contributed by atoms with E-state index in [-0.39, 0.29) is 0 Å². The van der Waals surface area contributed by atoms with Gasteiger partial charge in [-0.15, -0.1) is 0 Å². The molecule has 1 fully saturated rings. The first kappa shape index (κ1) is 5.10. The molecular formula is C6H13N. The fourth-order valence-electron chi connectivity index (χ4n) is 1.08. The minimum atomic E-state index is 0.440. The van der Waals surface area contributed by atoms with Crippen molar-refractivity contribution >= 4 is 0 Å². The quantitative estimate of drug-likeness (QED) is 0.521. The Morgan fingerprint density at radius 3 is 2.14 bits per heavy atom. The fraction of sp³-hybridized carbons (Fsp3) is 1.00. The summed E-state index contributed by atoms with van der Waals surface area (Å²) >= 11 is 0. The second-order valence-electron chi connectivity index (χ2n) is 2.74. The van der Waals surface area contributed by atoms with Gasteiger partial charge in [0.05, 0.1) is 0 Å². The van der Waals surface area contributed by atoms with Crippen LogP contribution in [0, 0.1) is 11.8 Å². The number of hydrogen-bond acceptors (Lipinski definition) is 1. The van der Waals surface area contributed by atoms with Gasteiger partial charge in [-0.25, -0.2) is 0 Å². The van der Waals surface area contributed by atoms with E-state index in [1.54, 1.807) is 0 Å². The Morgan fingerprint density at radius 2 is 2.14 bits per heavy atom. The third-order valence-corrected chi connectivity index (χ3v) is 1.85. The van der Waals surface area contributed by atoms with Gasteiger partial charge in [0.25, 0.3) is 0 Å². The van der Waals surface area contributed by atoms with E-state index in [0.717, 1.165) is 11.8 Å². The first-order valence-electron chi connectivity index (χ1n) is 2.97. The average Bonchev–Trinajstić information content (AvgIpc) is 2.17. The molecule has 0 aromatic carbocycles. The molecule has 42 valence electrons. The summed E-state index contributed by atoms with van der Waals surface area (Å²) in [6.07, 6.45) is 1.36.